The van der Waals surface area contributed by atoms with E-state index in [9.17, 15) is 0 Å². The molecule has 0 radical (unpaired) electrons. The Morgan fingerprint density at radius 2 is 2.20 bits per heavy atom. The van der Waals surface area contributed by atoms with Gasteiger partial charge in [-0.25, -0.2) is 0 Å². The van der Waals surface area contributed by atoms with Crippen LogP contribution < -0.4 is 16.0 Å². The van der Waals surface area contributed by atoms with E-state index in [-0.39, 0.29) is 12.1 Å². The quantitative estimate of drug-likeness (QED) is 0.573. The first kappa shape index (κ1) is 11.9. The Morgan fingerprint density at radius 1 is 1.47 bits per heavy atom. The van der Waals surface area contributed by atoms with Gasteiger partial charge in [0.15, 0.2) is 0 Å². The highest BCUT2D eigenvalue weighted by atomic mass is 16.5. The van der Waals surface area contributed by atoms with Crippen molar-refractivity contribution in [1.29, 1.82) is 0 Å². The molecule has 0 saturated carbocycles. The van der Waals surface area contributed by atoms with Crippen molar-refractivity contribution in [2.24, 2.45) is 5.84 Å². The summed E-state index contributed by atoms with van der Waals surface area (Å²) < 4.78 is 5.56. The van der Waals surface area contributed by atoms with Gasteiger partial charge in [-0.05, 0) is 31.9 Å². The van der Waals surface area contributed by atoms with Crippen LogP contribution in [0.3, 0.4) is 0 Å². The lowest BCUT2D eigenvalue weighted by molar-refractivity contribution is 0.241. The smallest absolute Gasteiger partial charge is 0.138 e. The van der Waals surface area contributed by atoms with Crippen LogP contribution in [-0.2, 0) is 0 Å². The van der Waals surface area contributed by atoms with Crippen molar-refractivity contribution in [2.45, 2.75) is 39.3 Å². The average molecular weight is 209 g/mol. The second-order valence-electron chi connectivity index (χ2n) is 3.75. The Morgan fingerprint density at radius 3 is 2.73 bits per heavy atom. The van der Waals surface area contributed by atoms with Gasteiger partial charge in [-0.3, -0.25) is 16.3 Å². The minimum Gasteiger partial charge on any atom is -0.489 e. The highest BCUT2D eigenvalue weighted by Crippen LogP contribution is 2.20. The summed E-state index contributed by atoms with van der Waals surface area (Å²) in [5.41, 5.74) is 3.81. The molecule has 0 aliphatic heterocycles. The van der Waals surface area contributed by atoms with Crippen LogP contribution in [-0.4, -0.2) is 11.1 Å². The van der Waals surface area contributed by atoms with E-state index in [4.69, 9.17) is 10.6 Å². The zero-order chi connectivity index (χ0) is 11.3. The van der Waals surface area contributed by atoms with Crippen molar-refractivity contribution in [3.05, 3.63) is 24.0 Å². The number of nitrogens with one attached hydrogen (secondary N) is 1. The third-order valence-electron chi connectivity index (χ3n) is 2.12. The van der Waals surface area contributed by atoms with Gasteiger partial charge < -0.3 is 4.74 Å². The normalized spacial score (nSPS) is 12.9. The second-order valence-corrected chi connectivity index (χ2v) is 3.75. The van der Waals surface area contributed by atoms with Crippen LogP contribution in [0.5, 0.6) is 5.75 Å². The van der Waals surface area contributed by atoms with Gasteiger partial charge in [0.05, 0.1) is 12.3 Å². The Labute approximate surface area is 90.8 Å². The number of aromatic nitrogens is 1. The summed E-state index contributed by atoms with van der Waals surface area (Å²) in [6, 6.07) is 2.11. The zero-order valence-electron chi connectivity index (χ0n) is 9.53. The van der Waals surface area contributed by atoms with Crippen LogP contribution in [0, 0.1) is 0 Å². The van der Waals surface area contributed by atoms with Crippen LogP contribution in [0.4, 0.5) is 0 Å². The largest absolute Gasteiger partial charge is 0.489 e. The number of hydrogen-bond acceptors (Lipinski definition) is 4. The van der Waals surface area contributed by atoms with Crippen molar-refractivity contribution in [3.63, 3.8) is 0 Å². The van der Waals surface area contributed by atoms with Crippen LogP contribution in [0.1, 0.15) is 38.8 Å². The zero-order valence-corrected chi connectivity index (χ0v) is 9.53. The molecule has 1 heterocycles. The predicted molar refractivity (Wildman–Crippen MR) is 60.4 cm³/mol. The molecule has 4 nitrogen and oxygen atoms in total. The summed E-state index contributed by atoms with van der Waals surface area (Å²) in [5.74, 6) is 6.24. The van der Waals surface area contributed by atoms with Gasteiger partial charge in [0, 0.05) is 12.2 Å². The molecule has 0 bridgehead atoms. The molecule has 1 unspecified atom stereocenters. The molecule has 0 amide bonds. The van der Waals surface area contributed by atoms with Crippen molar-refractivity contribution in [1.82, 2.24) is 10.4 Å². The summed E-state index contributed by atoms with van der Waals surface area (Å²) in [5, 5.41) is 0. The molecule has 0 fully saturated rings. The lowest BCUT2D eigenvalue weighted by atomic mass is 10.1. The molecule has 15 heavy (non-hydrogen) atoms. The Hall–Kier alpha value is -1.13. The van der Waals surface area contributed by atoms with Crippen molar-refractivity contribution < 1.29 is 4.74 Å². The van der Waals surface area contributed by atoms with E-state index in [1.165, 1.54) is 0 Å². The second kappa shape index (κ2) is 5.68. The molecular formula is C11H19N3O. The molecule has 1 atom stereocenters. The number of nitrogens with zero attached hydrogens (tertiary/aromatic N) is 1. The maximum absolute atomic E-state index is 5.56. The number of rotatable bonds is 5. The van der Waals surface area contributed by atoms with Gasteiger partial charge in [-0.15, -0.1) is 0 Å². The molecule has 0 aliphatic rings. The first-order valence-corrected chi connectivity index (χ1v) is 5.25. The molecule has 1 aromatic heterocycles. The molecule has 84 valence electrons. The van der Waals surface area contributed by atoms with E-state index in [1.807, 2.05) is 19.9 Å². The van der Waals surface area contributed by atoms with Crippen LogP contribution in [0.15, 0.2) is 18.5 Å². The summed E-state index contributed by atoms with van der Waals surface area (Å²) in [6.07, 6.45) is 4.60. The molecule has 0 saturated heterocycles. The van der Waals surface area contributed by atoms with Crippen LogP contribution >= 0.6 is 0 Å². The Balaban J connectivity index is 2.81. The molecule has 3 N–H and O–H groups in total. The minimum atomic E-state index is 0.133. The van der Waals surface area contributed by atoms with Gasteiger partial charge in [0.25, 0.3) is 0 Å². The average Bonchev–Trinajstić information content (AvgIpc) is 2.19. The van der Waals surface area contributed by atoms with Gasteiger partial charge >= 0.3 is 0 Å². The molecule has 0 spiro atoms. The number of hydrogen-bond donors (Lipinski definition) is 2. The van der Waals surface area contributed by atoms with Crippen LogP contribution in [0.25, 0.3) is 0 Å². The number of pyridine rings is 1. The van der Waals surface area contributed by atoms with Crippen molar-refractivity contribution in [3.8, 4) is 5.75 Å². The van der Waals surface area contributed by atoms with E-state index in [1.54, 1.807) is 12.4 Å². The van der Waals surface area contributed by atoms with E-state index < -0.39 is 0 Å². The summed E-state index contributed by atoms with van der Waals surface area (Å²) in [4.78, 5) is 4.13. The monoisotopic (exact) mass is 209 g/mol. The number of nitrogens with two attached hydrogens (primary N) is 1. The van der Waals surface area contributed by atoms with Crippen LogP contribution in [0.2, 0.25) is 0 Å². The van der Waals surface area contributed by atoms with Gasteiger partial charge in [0.1, 0.15) is 5.75 Å². The Bertz CT molecular complexity index is 298. The van der Waals surface area contributed by atoms with Crippen molar-refractivity contribution >= 4 is 0 Å². The van der Waals surface area contributed by atoms with E-state index >= 15 is 0 Å². The summed E-state index contributed by atoms with van der Waals surface area (Å²) in [7, 11) is 0. The molecule has 0 aliphatic carbocycles. The Kier molecular flexibility index (Phi) is 4.52. The lowest BCUT2D eigenvalue weighted by Crippen LogP contribution is -2.27. The van der Waals surface area contributed by atoms with E-state index in [0.29, 0.717) is 0 Å². The fraction of sp³-hybridized carbons (Fsp3) is 0.545. The third-order valence-corrected chi connectivity index (χ3v) is 2.12. The minimum absolute atomic E-state index is 0.133. The van der Waals surface area contributed by atoms with E-state index in [0.717, 1.165) is 17.7 Å². The van der Waals surface area contributed by atoms with Gasteiger partial charge in [0.2, 0.25) is 0 Å². The summed E-state index contributed by atoms with van der Waals surface area (Å²) >= 11 is 0. The molecular weight excluding hydrogens is 190 g/mol. The fourth-order valence-corrected chi connectivity index (χ4v) is 1.41. The highest BCUT2D eigenvalue weighted by Gasteiger charge is 2.08. The molecule has 0 aromatic carbocycles. The maximum Gasteiger partial charge on any atom is 0.138 e. The van der Waals surface area contributed by atoms with Gasteiger partial charge in [-0.2, -0.15) is 0 Å². The third kappa shape index (κ3) is 3.49. The number of ether oxygens (including phenoxy) is 1. The van der Waals surface area contributed by atoms with Gasteiger partial charge in [-0.1, -0.05) is 6.92 Å². The SMILES string of the molecule is CCC(NN)c1cncc(OC(C)C)c1. The lowest BCUT2D eigenvalue weighted by Gasteiger charge is -2.15. The maximum atomic E-state index is 5.56. The highest BCUT2D eigenvalue weighted by molar-refractivity contribution is 5.26. The predicted octanol–water partition coefficient (Wildman–Crippen LogP) is 1.78. The summed E-state index contributed by atoms with van der Waals surface area (Å²) in [6.45, 7) is 6.05. The van der Waals surface area contributed by atoms with Crippen molar-refractivity contribution in [2.75, 3.05) is 0 Å². The number of hydrazine groups is 1. The first-order valence-electron chi connectivity index (χ1n) is 5.25. The topological polar surface area (TPSA) is 60.2 Å². The fourth-order valence-electron chi connectivity index (χ4n) is 1.41. The molecule has 1 aromatic rings. The van der Waals surface area contributed by atoms with E-state index in [2.05, 4.69) is 17.3 Å². The molecule has 4 heteroatoms. The standard InChI is InChI=1S/C11H19N3O/c1-4-11(14-12)9-5-10(7-13-6-9)15-8(2)3/h5-8,11,14H,4,12H2,1-3H3. The molecule has 1 rings (SSSR count). The first-order chi connectivity index (χ1) is 7.17.